The minimum Gasteiger partial charge on any atom is -0.493 e. The van der Waals surface area contributed by atoms with E-state index in [2.05, 4.69) is 22.5 Å². The largest absolute Gasteiger partial charge is 0.493 e. The number of aliphatic hydroxyl groups excluding tert-OH is 1. The molecular formula is C4H3N2OS. The average Bonchev–Trinajstić information content (AvgIpc) is 1.64. The SMILES string of the molecule is OC1=NC(=S)[N]C=C1. The molecule has 0 aromatic heterocycles. The van der Waals surface area contributed by atoms with Gasteiger partial charge in [-0.15, -0.1) is 0 Å². The zero-order valence-corrected chi connectivity index (χ0v) is 4.72. The summed E-state index contributed by atoms with van der Waals surface area (Å²) >= 11 is 4.52. The minimum atomic E-state index is -0.0787. The molecule has 1 rings (SSSR count). The highest BCUT2D eigenvalue weighted by molar-refractivity contribution is 7.80. The fourth-order valence-corrected chi connectivity index (χ4v) is 0.486. The summed E-state index contributed by atoms with van der Waals surface area (Å²) in [7, 11) is 0. The van der Waals surface area contributed by atoms with E-state index in [-0.39, 0.29) is 11.0 Å². The van der Waals surface area contributed by atoms with Crippen molar-refractivity contribution in [2.24, 2.45) is 4.99 Å². The van der Waals surface area contributed by atoms with Crippen LogP contribution in [0, 0.1) is 0 Å². The maximum Gasteiger partial charge on any atom is 0.222 e. The number of aliphatic imine (C=N–C) groups is 1. The van der Waals surface area contributed by atoms with Crippen LogP contribution >= 0.6 is 12.2 Å². The molecule has 0 aliphatic carbocycles. The third-order valence-corrected chi connectivity index (χ3v) is 0.815. The van der Waals surface area contributed by atoms with Gasteiger partial charge in [0, 0.05) is 12.3 Å². The van der Waals surface area contributed by atoms with E-state index in [0.717, 1.165) is 0 Å². The number of rotatable bonds is 0. The summed E-state index contributed by atoms with van der Waals surface area (Å²) in [4.78, 5) is 3.43. The number of hydrogen-bond donors (Lipinski definition) is 1. The Hall–Kier alpha value is -0.900. The molecular weight excluding hydrogens is 124 g/mol. The molecule has 0 saturated heterocycles. The van der Waals surface area contributed by atoms with Gasteiger partial charge in [-0.3, -0.25) is 0 Å². The highest BCUT2D eigenvalue weighted by Crippen LogP contribution is 1.88. The van der Waals surface area contributed by atoms with Gasteiger partial charge in [-0.1, -0.05) is 0 Å². The van der Waals surface area contributed by atoms with E-state index in [1.165, 1.54) is 12.3 Å². The molecule has 1 aliphatic rings. The zero-order chi connectivity index (χ0) is 5.98. The highest BCUT2D eigenvalue weighted by atomic mass is 32.1. The maximum atomic E-state index is 8.60. The van der Waals surface area contributed by atoms with E-state index in [4.69, 9.17) is 5.11 Å². The highest BCUT2D eigenvalue weighted by Gasteiger charge is 1.98. The first-order valence-electron chi connectivity index (χ1n) is 1.98. The molecule has 3 nitrogen and oxygen atoms in total. The predicted molar refractivity (Wildman–Crippen MR) is 33.9 cm³/mol. The number of hydrogen-bond acceptors (Lipinski definition) is 1. The first kappa shape index (κ1) is 5.24. The normalized spacial score (nSPS) is 17.5. The van der Waals surface area contributed by atoms with Gasteiger partial charge in [0.1, 0.15) is 0 Å². The summed E-state index contributed by atoms with van der Waals surface area (Å²) in [6.07, 6.45) is 2.78. The lowest BCUT2D eigenvalue weighted by molar-refractivity contribution is 0.558. The first-order chi connectivity index (χ1) is 3.79. The molecule has 1 aliphatic heterocycles. The van der Waals surface area contributed by atoms with Crippen molar-refractivity contribution in [3.8, 4) is 0 Å². The van der Waals surface area contributed by atoms with Crippen LogP contribution in [-0.2, 0) is 0 Å². The molecule has 0 spiro atoms. The Labute approximate surface area is 51.7 Å². The first-order valence-corrected chi connectivity index (χ1v) is 2.39. The predicted octanol–water partition coefficient (Wildman–Crippen LogP) is 0.359. The van der Waals surface area contributed by atoms with Crippen LogP contribution in [0.5, 0.6) is 0 Å². The number of aliphatic hydroxyl groups is 1. The summed E-state index contributed by atoms with van der Waals surface area (Å²) in [5, 5.41) is 12.4. The van der Waals surface area contributed by atoms with Crippen LogP contribution in [0.4, 0.5) is 0 Å². The van der Waals surface area contributed by atoms with Crippen LogP contribution in [0.15, 0.2) is 17.3 Å². The van der Waals surface area contributed by atoms with Crippen LogP contribution < -0.4 is 5.32 Å². The van der Waals surface area contributed by atoms with Crippen molar-refractivity contribution in [2.75, 3.05) is 0 Å². The Balaban J connectivity index is 2.77. The Morgan fingerprint density at radius 2 is 2.38 bits per heavy atom. The van der Waals surface area contributed by atoms with E-state index in [1.807, 2.05) is 0 Å². The topological polar surface area (TPSA) is 46.7 Å². The zero-order valence-electron chi connectivity index (χ0n) is 3.90. The standard InChI is InChI=1S/C4H3N2OS/c7-3-1-2-5-4(8)6-3/h1-2H,(H,6,7,8). The van der Waals surface area contributed by atoms with E-state index < -0.39 is 0 Å². The second kappa shape index (κ2) is 1.92. The van der Waals surface area contributed by atoms with Gasteiger partial charge in [0.2, 0.25) is 11.0 Å². The van der Waals surface area contributed by atoms with Gasteiger partial charge in [-0.2, -0.15) is 4.99 Å². The van der Waals surface area contributed by atoms with Gasteiger partial charge in [0.05, 0.1) is 0 Å². The van der Waals surface area contributed by atoms with Gasteiger partial charge < -0.3 is 5.11 Å². The maximum absolute atomic E-state index is 8.60. The molecule has 1 N–H and O–H groups in total. The van der Waals surface area contributed by atoms with Crippen molar-refractivity contribution in [1.29, 1.82) is 0 Å². The fraction of sp³-hybridized carbons (Fsp3) is 0. The van der Waals surface area contributed by atoms with Crippen molar-refractivity contribution >= 4 is 23.2 Å². The summed E-state index contributed by atoms with van der Waals surface area (Å²) < 4.78 is 0. The van der Waals surface area contributed by atoms with E-state index in [9.17, 15) is 0 Å². The Morgan fingerprint density at radius 3 is 2.75 bits per heavy atom. The van der Waals surface area contributed by atoms with Crippen LogP contribution in [0.25, 0.3) is 0 Å². The number of nitrogens with zero attached hydrogens (tertiary/aromatic N) is 2. The molecule has 0 amide bonds. The number of thiocarbonyl (C=S) groups is 1. The molecule has 0 bridgehead atoms. The third kappa shape index (κ3) is 1.04. The van der Waals surface area contributed by atoms with Gasteiger partial charge in [0.15, 0.2) is 0 Å². The Bertz CT molecular complexity index is 173. The van der Waals surface area contributed by atoms with Gasteiger partial charge in [-0.25, -0.2) is 5.32 Å². The molecule has 0 fully saturated rings. The summed E-state index contributed by atoms with van der Waals surface area (Å²) in [5.41, 5.74) is 0. The Kier molecular flexibility index (Phi) is 1.26. The summed E-state index contributed by atoms with van der Waals surface area (Å²) in [6.45, 7) is 0. The molecule has 0 aromatic carbocycles. The van der Waals surface area contributed by atoms with Crippen LogP contribution in [0.2, 0.25) is 0 Å². The van der Waals surface area contributed by atoms with Crippen LogP contribution in [-0.4, -0.2) is 16.1 Å². The lowest BCUT2D eigenvalue weighted by Gasteiger charge is -1.97. The Morgan fingerprint density at radius 1 is 1.62 bits per heavy atom. The van der Waals surface area contributed by atoms with Crippen LogP contribution in [0.3, 0.4) is 0 Å². The molecule has 8 heavy (non-hydrogen) atoms. The quantitative estimate of drug-likeness (QED) is 0.477. The average molecular weight is 127 g/mol. The van der Waals surface area contributed by atoms with Crippen molar-refractivity contribution in [3.63, 3.8) is 0 Å². The van der Waals surface area contributed by atoms with E-state index >= 15 is 0 Å². The second-order valence-electron chi connectivity index (χ2n) is 1.20. The minimum absolute atomic E-state index is 0.0787. The molecule has 0 atom stereocenters. The summed E-state index contributed by atoms with van der Waals surface area (Å²) in [6, 6.07) is 0. The van der Waals surface area contributed by atoms with Gasteiger partial charge in [-0.05, 0) is 12.2 Å². The monoisotopic (exact) mass is 127 g/mol. The molecule has 41 valence electrons. The lowest BCUT2D eigenvalue weighted by atomic mass is 10.5. The molecule has 1 radical (unpaired) electrons. The smallest absolute Gasteiger partial charge is 0.222 e. The lowest BCUT2D eigenvalue weighted by Crippen LogP contribution is -2.11. The van der Waals surface area contributed by atoms with Crippen molar-refractivity contribution in [3.05, 3.63) is 12.3 Å². The van der Waals surface area contributed by atoms with Crippen molar-refractivity contribution in [1.82, 2.24) is 5.32 Å². The van der Waals surface area contributed by atoms with Gasteiger partial charge in [0.25, 0.3) is 0 Å². The summed E-state index contributed by atoms with van der Waals surface area (Å²) in [5.74, 6) is -0.0787. The molecule has 0 aromatic rings. The van der Waals surface area contributed by atoms with Crippen molar-refractivity contribution < 1.29 is 5.11 Å². The third-order valence-electron chi connectivity index (χ3n) is 0.619. The molecule has 1 heterocycles. The van der Waals surface area contributed by atoms with E-state index in [1.54, 1.807) is 0 Å². The molecule has 0 saturated carbocycles. The van der Waals surface area contributed by atoms with E-state index in [0.29, 0.717) is 0 Å². The van der Waals surface area contributed by atoms with Crippen molar-refractivity contribution in [2.45, 2.75) is 0 Å². The fourth-order valence-electron chi connectivity index (χ4n) is 0.332. The van der Waals surface area contributed by atoms with Crippen LogP contribution in [0.1, 0.15) is 0 Å². The molecule has 4 heteroatoms. The molecule has 0 unspecified atom stereocenters. The second-order valence-corrected chi connectivity index (χ2v) is 1.56. The van der Waals surface area contributed by atoms with Gasteiger partial charge >= 0.3 is 0 Å².